The number of rotatable bonds is 18. The Labute approximate surface area is 311 Å². The molecule has 3 amide bonds. The van der Waals surface area contributed by atoms with Crippen molar-refractivity contribution in [2.24, 2.45) is 11.7 Å². The summed E-state index contributed by atoms with van der Waals surface area (Å²) in [5.74, 6) is -6.57. The van der Waals surface area contributed by atoms with Crippen molar-refractivity contribution in [1.29, 1.82) is 0 Å². The van der Waals surface area contributed by atoms with E-state index in [9.17, 15) is 38.5 Å². The van der Waals surface area contributed by atoms with Crippen molar-refractivity contribution in [2.75, 3.05) is 6.16 Å². The molecule has 274 valence electrons. The van der Waals surface area contributed by atoms with Crippen LogP contribution in [0.3, 0.4) is 0 Å². The number of primary amides is 1. The normalized spacial score (nSPS) is 14.0. The molecule has 17 heteroatoms. The van der Waals surface area contributed by atoms with Crippen LogP contribution in [0.15, 0.2) is 87.9 Å². The van der Waals surface area contributed by atoms with Crippen LogP contribution < -0.4 is 21.7 Å². The zero-order valence-corrected chi connectivity index (χ0v) is 30.6. The Morgan fingerprint density at radius 1 is 0.827 bits per heavy atom. The van der Waals surface area contributed by atoms with Crippen LogP contribution in [-0.2, 0) is 35.0 Å². The molecule has 4 aromatic rings. The molecule has 0 fully saturated rings. The second-order valence-electron chi connectivity index (χ2n) is 11.9. The molecule has 7 N–H and O–H groups in total. The van der Waals surface area contributed by atoms with Gasteiger partial charge in [0.2, 0.25) is 25.1 Å². The number of carboxylic acid groups (broad SMARTS) is 2. The molecule has 4 atom stereocenters. The Hall–Kier alpha value is -4.82. The summed E-state index contributed by atoms with van der Waals surface area (Å²) in [6, 6.07) is 19.4. The number of carboxylic acids is 2. The number of aromatic nitrogens is 1. The third-order valence-corrected chi connectivity index (χ3v) is 10.8. The summed E-state index contributed by atoms with van der Waals surface area (Å²) in [6.45, 7) is 0. The summed E-state index contributed by atoms with van der Waals surface area (Å²) in [4.78, 5) is 72.6. The lowest BCUT2D eigenvalue weighted by Gasteiger charge is -2.24. The van der Waals surface area contributed by atoms with Crippen LogP contribution in [0.25, 0.3) is 22.4 Å². The lowest BCUT2D eigenvalue weighted by molar-refractivity contribution is -0.139. The van der Waals surface area contributed by atoms with Crippen molar-refractivity contribution >= 4 is 69.9 Å². The van der Waals surface area contributed by atoms with Gasteiger partial charge in [0.15, 0.2) is 0 Å². The third kappa shape index (κ3) is 11.6. The largest absolute Gasteiger partial charge is 0.481 e. The minimum atomic E-state index is -4.22. The van der Waals surface area contributed by atoms with Gasteiger partial charge >= 0.3 is 11.9 Å². The molecule has 14 nitrogen and oxygen atoms in total. The predicted molar refractivity (Wildman–Crippen MR) is 195 cm³/mol. The first-order chi connectivity index (χ1) is 24.6. The quantitative estimate of drug-likeness (QED) is 0.0771. The van der Waals surface area contributed by atoms with E-state index in [2.05, 4.69) is 31.7 Å². The maximum Gasteiger partial charge on any atom is 0.303 e. The third-order valence-electron chi connectivity index (χ3n) is 8.00. The average molecular weight is 818 g/mol. The molecular weight excluding hydrogens is 783 g/mol. The lowest BCUT2D eigenvalue weighted by atomic mass is 10.0. The lowest BCUT2D eigenvalue weighted by Crippen LogP contribution is -2.54. The minimum absolute atomic E-state index is 0.0643. The van der Waals surface area contributed by atoms with Gasteiger partial charge in [0.1, 0.15) is 23.5 Å². The van der Waals surface area contributed by atoms with Crippen molar-refractivity contribution < 1.29 is 48.2 Å². The molecule has 4 rings (SSSR count). The SMILES string of the molecule is NC(=O)[C@H](CCC(=O)O)NC(=O)[C@H](CCC(=O)O)NC(=O)[C@@H](Cc1cc(-c2ccc(-c3cccc(Cl)c3)cc2)no1)CP(=O)(O)c1ccc(Br)cc1. The number of benzene rings is 3. The highest BCUT2D eigenvalue weighted by Gasteiger charge is 2.35. The Bertz CT molecular complexity index is 1970. The summed E-state index contributed by atoms with van der Waals surface area (Å²) in [6.07, 6.45) is -2.69. The fraction of sp³-hybridized carbons (Fsp3) is 0.257. The van der Waals surface area contributed by atoms with Gasteiger partial charge < -0.3 is 36.0 Å². The Morgan fingerprint density at radius 3 is 2.02 bits per heavy atom. The van der Waals surface area contributed by atoms with Gasteiger partial charge in [-0.3, -0.25) is 28.5 Å². The Balaban J connectivity index is 1.59. The van der Waals surface area contributed by atoms with Crippen LogP contribution in [-0.4, -0.2) is 68.2 Å². The van der Waals surface area contributed by atoms with E-state index in [0.29, 0.717) is 20.8 Å². The fourth-order valence-electron chi connectivity index (χ4n) is 5.26. The highest BCUT2D eigenvalue weighted by atomic mass is 79.9. The summed E-state index contributed by atoms with van der Waals surface area (Å²) >= 11 is 9.41. The molecule has 1 aromatic heterocycles. The van der Waals surface area contributed by atoms with E-state index >= 15 is 0 Å². The number of nitrogens with two attached hydrogens (primary N) is 1. The summed E-state index contributed by atoms with van der Waals surface area (Å²) in [5.41, 5.74) is 8.26. The summed E-state index contributed by atoms with van der Waals surface area (Å²) < 4.78 is 19.9. The van der Waals surface area contributed by atoms with E-state index in [4.69, 9.17) is 27.0 Å². The number of aliphatic carboxylic acids is 2. The van der Waals surface area contributed by atoms with Crippen molar-refractivity contribution in [3.63, 3.8) is 0 Å². The molecule has 1 heterocycles. The van der Waals surface area contributed by atoms with Crippen LogP contribution >= 0.6 is 34.9 Å². The zero-order chi connectivity index (χ0) is 38.0. The van der Waals surface area contributed by atoms with Gasteiger partial charge in [-0.25, -0.2) is 0 Å². The number of halogens is 2. The van der Waals surface area contributed by atoms with E-state index in [1.807, 2.05) is 42.5 Å². The molecule has 3 aromatic carbocycles. The van der Waals surface area contributed by atoms with Gasteiger partial charge in [0.05, 0.1) is 5.92 Å². The van der Waals surface area contributed by atoms with Crippen molar-refractivity contribution in [3.8, 4) is 22.4 Å². The van der Waals surface area contributed by atoms with Crippen LogP contribution in [0.5, 0.6) is 0 Å². The molecule has 0 saturated heterocycles. The van der Waals surface area contributed by atoms with Gasteiger partial charge in [-0.1, -0.05) is 69.1 Å². The second-order valence-corrected chi connectivity index (χ2v) is 15.6. The first kappa shape index (κ1) is 40.0. The highest BCUT2D eigenvalue weighted by molar-refractivity contribution is 9.10. The summed E-state index contributed by atoms with van der Waals surface area (Å²) in [7, 11) is -4.22. The van der Waals surface area contributed by atoms with Gasteiger partial charge in [-0.15, -0.1) is 0 Å². The number of hydrogen-bond donors (Lipinski definition) is 6. The first-order valence-electron chi connectivity index (χ1n) is 15.8. The Kier molecular flexibility index (Phi) is 13.9. The van der Waals surface area contributed by atoms with Gasteiger partial charge in [-0.2, -0.15) is 0 Å². The van der Waals surface area contributed by atoms with E-state index in [1.54, 1.807) is 24.3 Å². The van der Waals surface area contributed by atoms with E-state index in [1.165, 1.54) is 12.1 Å². The van der Waals surface area contributed by atoms with Crippen LogP contribution in [0.4, 0.5) is 0 Å². The molecule has 0 spiro atoms. The minimum Gasteiger partial charge on any atom is -0.481 e. The molecule has 1 unspecified atom stereocenters. The standard InChI is InChI=1S/C35H35BrClN4O10P/c36-24-8-10-27(11-9-24)52(49,50)19-23(34(47)40-29(13-15-32(44)45)35(48)39-28(33(38)46)12-14-31(42)43)17-26-18-30(41-51-26)21-6-4-20(5-7-21)22-2-1-3-25(37)16-22/h1-11,16,18,23,28-29H,12-15,17,19H2,(H2,38,46)(H,39,48)(H,40,47)(H,42,43)(H,44,45)(H,49,50)/t23-,28-,29-/m0/s1. The number of amides is 3. The molecule has 0 aliphatic heterocycles. The van der Waals surface area contributed by atoms with Crippen LogP contribution in [0, 0.1) is 5.92 Å². The van der Waals surface area contributed by atoms with Crippen LogP contribution in [0.2, 0.25) is 5.02 Å². The van der Waals surface area contributed by atoms with Crippen molar-refractivity contribution in [1.82, 2.24) is 15.8 Å². The number of hydrogen-bond acceptors (Lipinski definition) is 8. The first-order valence-corrected chi connectivity index (χ1v) is 18.9. The molecule has 0 aliphatic rings. The van der Waals surface area contributed by atoms with E-state index < -0.39 is 80.5 Å². The topological polar surface area (TPSA) is 239 Å². The monoisotopic (exact) mass is 816 g/mol. The van der Waals surface area contributed by atoms with E-state index in [-0.39, 0.29) is 23.9 Å². The number of carbonyl (C=O) groups excluding carboxylic acids is 3. The van der Waals surface area contributed by atoms with Crippen molar-refractivity contribution in [2.45, 2.75) is 44.2 Å². The molecule has 52 heavy (non-hydrogen) atoms. The average Bonchev–Trinajstić information content (AvgIpc) is 3.56. The van der Waals surface area contributed by atoms with E-state index in [0.717, 1.165) is 11.1 Å². The maximum atomic E-state index is 13.9. The van der Waals surface area contributed by atoms with Crippen LogP contribution in [0.1, 0.15) is 31.4 Å². The fourth-order valence-corrected chi connectivity index (χ4v) is 7.43. The van der Waals surface area contributed by atoms with Crippen molar-refractivity contribution in [3.05, 3.63) is 94.1 Å². The molecular formula is C35H35BrClN4O10P. The number of nitrogens with one attached hydrogen (secondary N) is 2. The predicted octanol–water partition coefficient (Wildman–Crippen LogP) is 4.36. The maximum absolute atomic E-state index is 13.9. The molecule has 0 aliphatic carbocycles. The Morgan fingerprint density at radius 2 is 1.42 bits per heavy atom. The second kappa shape index (κ2) is 18.1. The van der Waals surface area contributed by atoms with Gasteiger partial charge in [-0.05, 0) is 60.4 Å². The summed E-state index contributed by atoms with van der Waals surface area (Å²) in [5, 5.41) is 27.8. The van der Waals surface area contributed by atoms with Gasteiger partial charge in [0.25, 0.3) is 0 Å². The zero-order valence-electron chi connectivity index (χ0n) is 27.4. The molecule has 0 saturated carbocycles. The molecule has 0 bridgehead atoms. The number of carbonyl (C=O) groups is 5. The molecule has 0 radical (unpaired) electrons. The highest BCUT2D eigenvalue weighted by Crippen LogP contribution is 2.42. The number of nitrogens with zero attached hydrogens (tertiary/aromatic N) is 1. The van der Waals surface area contributed by atoms with Gasteiger partial charge in [0, 0.05) is 51.9 Å². The smallest absolute Gasteiger partial charge is 0.303 e.